The molecule has 1 N–H and O–H groups in total. The molecule has 1 saturated heterocycles. The summed E-state index contributed by atoms with van der Waals surface area (Å²) in [6.45, 7) is 4.24. The van der Waals surface area contributed by atoms with Crippen molar-refractivity contribution in [3.63, 3.8) is 0 Å². The van der Waals surface area contributed by atoms with Gasteiger partial charge in [-0.15, -0.1) is 0 Å². The van der Waals surface area contributed by atoms with E-state index in [9.17, 15) is 4.79 Å². The number of hydrogen-bond acceptors (Lipinski definition) is 3. The van der Waals surface area contributed by atoms with E-state index in [2.05, 4.69) is 15.3 Å². The molecule has 1 aromatic carbocycles. The van der Waals surface area contributed by atoms with Crippen LogP contribution in [0.25, 0.3) is 0 Å². The lowest BCUT2D eigenvalue weighted by molar-refractivity contribution is 0.0949. The third-order valence-corrected chi connectivity index (χ3v) is 6.88. The fraction of sp³-hybridized carbons (Fsp3) is 0.600. The Labute approximate surface area is 180 Å². The van der Waals surface area contributed by atoms with E-state index >= 15 is 0 Å². The van der Waals surface area contributed by atoms with Crippen LogP contribution in [0.4, 0.5) is 0 Å². The second-order valence-corrected chi connectivity index (χ2v) is 9.28. The van der Waals surface area contributed by atoms with Gasteiger partial charge in [0.15, 0.2) is 0 Å². The van der Waals surface area contributed by atoms with E-state index in [4.69, 9.17) is 0 Å². The van der Waals surface area contributed by atoms with E-state index in [1.807, 2.05) is 43.6 Å². The summed E-state index contributed by atoms with van der Waals surface area (Å²) >= 11 is 0. The van der Waals surface area contributed by atoms with Gasteiger partial charge < -0.3 is 10.2 Å². The molecular weight excluding hydrogens is 372 g/mol. The zero-order chi connectivity index (χ0) is 20.8. The molecule has 4 rings (SSSR count). The van der Waals surface area contributed by atoms with E-state index in [0.717, 1.165) is 29.2 Å². The van der Waals surface area contributed by atoms with Crippen molar-refractivity contribution in [2.45, 2.75) is 57.9 Å². The first-order valence-electron chi connectivity index (χ1n) is 11.7. The first-order valence-corrected chi connectivity index (χ1v) is 11.7. The quantitative estimate of drug-likeness (QED) is 0.748. The minimum absolute atomic E-state index is 0.0170. The Morgan fingerprint density at radius 1 is 1.03 bits per heavy atom. The minimum Gasteiger partial charge on any atom is -0.348 e. The van der Waals surface area contributed by atoms with Crippen molar-refractivity contribution in [3.05, 3.63) is 53.3 Å². The number of rotatable bonds is 7. The molecule has 2 fully saturated rings. The molecule has 0 spiro atoms. The number of carbonyl (C=O) groups is 1. The first kappa shape index (κ1) is 21.1. The molecule has 0 bridgehead atoms. The zero-order valence-electron chi connectivity index (χ0n) is 18.4. The van der Waals surface area contributed by atoms with Crippen LogP contribution in [0.2, 0.25) is 0 Å². The van der Waals surface area contributed by atoms with Crippen LogP contribution in [-0.4, -0.2) is 40.2 Å². The average Bonchev–Trinajstić information content (AvgIpc) is 3.15. The Kier molecular flexibility index (Phi) is 7.21. The highest BCUT2D eigenvalue weighted by Crippen LogP contribution is 2.27. The summed E-state index contributed by atoms with van der Waals surface area (Å²) in [7, 11) is 1.91. The van der Waals surface area contributed by atoms with Crippen LogP contribution in [0.3, 0.4) is 0 Å². The Morgan fingerprint density at radius 3 is 2.50 bits per heavy atom. The molecule has 0 atom stereocenters. The maximum absolute atomic E-state index is 12.8. The Bertz CT molecular complexity index is 802. The molecule has 5 heteroatoms. The fourth-order valence-electron chi connectivity index (χ4n) is 5.13. The third kappa shape index (κ3) is 5.72. The molecule has 30 heavy (non-hydrogen) atoms. The van der Waals surface area contributed by atoms with Gasteiger partial charge in [-0.1, -0.05) is 49.6 Å². The second kappa shape index (κ2) is 10.3. The lowest BCUT2D eigenvalue weighted by atomic mass is 9.87. The average molecular weight is 409 g/mol. The van der Waals surface area contributed by atoms with E-state index in [-0.39, 0.29) is 5.91 Å². The summed E-state index contributed by atoms with van der Waals surface area (Å²) in [4.78, 5) is 15.5. The SMILES string of the molecule is Cn1cc(C(=O)NCc2ccccc2)c(CC2CCN(CC3CCCCC3)CC2)n1. The van der Waals surface area contributed by atoms with Crippen molar-refractivity contribution in [2.75, 3.05) is 19.6 Å². The number of nitrogens with zero attached hydrogens (tertiary/aromatic N) is 3. The molecule has 2 heterocycles. The van der Waals surface area contributed by atoms with Gasteiger partial charge in [-0.25, -0.2) is 0 Å². The van der Waals surface area contributed by atoms with Gasteiger partial charge >= 0.3 is 0 Å². The molecule has 2 aliphatic rings. The second-order valence-electron chi connectivity index (χ2n) is 9.28. The molecule has 0 unspecified atom stereocenters. The van der Waals surface area contributed by atoms with E-state index < -0.39 is 0 Å². The number of hydrogen-bond donors (Lipinski definition) is 1. The molecule has 1 aliphatic heterocycles. The molecular formula is C25H36N4O. The van der Waals surface area contributed by atoms with Gasteiger partial charge in [0, 0.05) is 26.3 Å². The van der Waals surface area contributed by atoms with Crippen molar-refractivity contribution >= 4 is 5.91 Å². The summed E-state index contributed by atoms with van der Waals surface area (Å²) in [5.41, 5.74) is 2.80. The Hall–Kier alpha value is -2.14. The lowest BCUT2D eigenvalue weighted by Crippen LogP contribution is -2.38. The predicted molar refractivity (Wildman–Crippen MR) is 120 cm³/mol. The van der Waals surface area contributed by atoms with Crippen LogP contribution < -0.4 is 5.32 Å². The maximum atomic E-state index is 12.8. The number of aryl methyl sites for hydroxylation is 1. The van der Waals surface area contributed by atoms with Crippen molar-refractivity contribution in [3.8, 4) is 0 Å². The van der Waals surface area contributed by atoms with Gasteiger partial charge in [0.25, 0.3) is 5.91 Å². The largest absolute Gasteiger partial charge is 0.348 e. The van der Waals surface area contributed by atoms with Crippen LogP contribution in [-0.2, 0) is 20.0 Å². The minimum atomic E-state index is -0.0170. The van der Waals surface area contributed by atoms with Gasteiger partial charge in [0.05, 0.1) is 11.3 Å². The van der Waals surface area contributed by atoms with Gasteiger partial charge in [0.2, 0.25) is 0 Å². The van der Waals surface area contributed by atoms with Crippen molar-refractivity contribution in [1.82, 2.24) is 20.0 Å². The Morgan fingerprint density at radius 2 is 1.77 bits per heavy atom. The summed E-state index contributed by atoms with van der Waals surface area (Å²) in [5, 5.41) is 7.69. The molecule has 1 aliphatic carbocycles. The van der Waals surface area contributed by atoms with Crippen molar-refractivity contribution in [2.24, 2.45) is 18.9 Å². The van der Waals surface area contributed by atoms with Gasteiger partial charge in [-0.05, 0) is 62.6 Å². The van der Waals surface area contributed by atoms with Crippen LogP contribution >= 0.6 is 0 Å². The Balaban J connectivity index is 1.28. The monoisotopic (exact) mass is 408 g/mol. The summed E-state index contributed by atoms with van der Waals surface area (Å²) in [6, 6.07) is 10.1. The van der Waals surface area contributed by atoms with E-state index in [1.54, 1.807) is 4.68 Å². The molecule has 1 saturated carbocycles. The normalized spacial score (nSPS) is 19.1. The highest BCUT2D eigenvalue weighted by molar-refractivity contribution is 5.95. The van der Waals surface area contributed by atoms with E-state index in [1.165, 1.54) is 64.6 Å². The number of carbonyl (C=O) groups excluding carboxylic acids is 1. The van der Waals surface area contributed by atoms with Gasteiger partial charge in [0.1, 0.15) is 0 Å². The zero-order valence-corrected chi connectivity index (χ0v) is 18.4. The number of nitrogens with one attached hydrogen (secondary N) is 1. The molecule has 1 amide bonds. The van der Waals surface area contributed by atoms with Crippen molar-refractivity contribution in [1.29, 1.82) is 0 Å². The molecule has 2 aromatic rings. The standard InChI is InChI=1S/C25H36N4O/c1-28-19-23(25(30)26-17-21-8-4-2-5-9-21)24(27-28)16-20-12-14-29(15-13-20)18-22-10-6-3-7-11-22/h2,4-5,8-9,19-20,22H,3,6-7,10-18H2,1H3,(H,26,30). The number of piperidine rings is 1. The predicted octanol–water partition coefficient (Wildman–Crippen LogP) is 4.18. The van der Waals surface area contributed by atoms with Gasteiger partial charge in [-0.3, -0.25) is 9.48 Å². The van der Waals surface area contributed by atoms with Crippen LogP contribution in [0.15, 0.2) is 36.5 Å². The molecule has 1 aromatic heterocycles. The van der Waals surface area contributed by atoms with Crippen molar-refractivity contribution < 1.29 is 4.79 Å². The summed E-state index contributed by atoms with van der Waals surface area (Å²) in [5.74, 6) is 1.53. The maximum Gasteiger partial charge on any atom is 0.255 e. The first-order chi connectivity index (χ1) is 14.7. The van der Waals surface area contributed by atoms with Crippen LogP contribution in [0.1, 0.15) is 66.6 Å². The molecule has 0 radical (unpaired) electrons. The summed E-state index contributed by atoms with van der Waals surface area (Å²) in [6.07, 6.45) is 12.4. The molecule has 5 nitrogen and oxygen atoms in total. The smallest absolute Gasteiger partial charge is 0.255 e. The van der Waals surface area contributed by atoms with Gasteiger partial charge in [-0.2, -0.15) is 5.10 Å². The third-order valence-electron chi connectivity index (χ3n) is 6.88. The topological polar surface area (TPSA) is 50.2 Å². The van der Waals surface area contributed by atoms with E-state index in [0.29, 0.717) is 12.5 Å². The van der Waals surface area contributed by atoms with Crippen LogP contribution in [0, 0.1) is 11.8 Å². The van der Waals surface area contributed by atoms with Crippen LogP contribution in [0.5, 0.6) is 0 Å². The number of aromatic nitrogens is 2. The highest BCUT2D eigenvalue weighted by atomic mass is 16.1. The number of benzene rings is 1. The summed E-state index contributed by atoms with van der Waals surface area (Å²) < 4.78 is 1.78. The highest BCUT2D eigenvalue weighted by Gasteiger charge is 2.25. The molecule has 162 valence electrons. The fourth-order valence-corrected chi connectivity index (χ4v) is 5.13. The number of amides is 1. The number of likely N-dealkylation sites (tertiary alicyclic amines) is 1. The lowest BCUT2D eigenvalue weighted by Gasteiger charge is -2.35.